The van der Waals surface area contributed by atoms with Crippen LogP contribution in [0.1, 0.15) is 48.9 Å². The molecule has 0 heterocycles. The van der Waals surface area contributed by atoms with E-state index in [0.29, 0.717) is 12.8 Å². The fraction of sp³-hybridized carbons (Fsp3) is 0.500. The van der Waals surface area contributed by atoms with E-state index < -0.39 is 23.0 Å². The van der Waals surface area contributed by atoms with Gasteiger partial charge in [-0.15, -0.1) is 0 Å². The predicted octanol–water partition coefficient (Wildman–Crippen LogP) is 3.23. The number of carbonyl (C=O) groups is 1. The maximum Gasteiger partial charge on any atom is 0.194 e. The van der Waals surface area contributed by atoms with Crippen molar-refractivity contribution in [3.05, 3.63) is 35.4 Å². The number of hydrogen-bond donors (Lipinski definition) is 1. The highest BCUT2D eigenvalue weighted by Gasteiger charge is 2.36. The molecular weight excluding hydrogens is 238 g/mol. The van der Waals surface area contributed by atoms with Crippen LogP contribution in [0.3, 0.4) is 0 Å². The lowest BCUT2D eigenvalue weighted by atomic mass is 9.86. The molecule has 0 radical (unpaired) electrons. The lowest BCUT2D eigenvalue weighted by molar-refractivity contribution is 0.0237. The standard InChI is InChI=1S/C14H16F2O2/c15-11-6-5-10(9-12(11)16)13(17)14(18)7-3-1-2-4-8-14/h5-6,9,18H,1-4,7-8H2. The molecule has 1 aliphatic rings. The van der Waals surface area contributed by atoms with Crippen molar-refractivity contribution in [3.63, 3.8) is 0 Å². The quantitative estimate of drug-likeness (QED) is 0.650. The Morgan fingerprint density at radius 2 is 1.67 bits per heavy atom. The van der Waals surface area contributed by atoms with Gasteiger partial charge in [0.05, 0.1) is 0 Å². The molecule has 1 saturated carbocycles. The smallest absolute Gasteiger partial charge is 0.194 e. The van der Waals surface area contributed by atoms with E-state index in [1.807, 2.05) is 0 Å². The Hall–Kier alpha value is -1.29. The van der Waals surface area contributed by atoms with E-state index in [9.17, 15) is 18.7 Å². The van der Waals surface area contributed by atoms with Gasteiger partial charge in [0.2, 0.25) is 0 Å². The fourth-order valence-corrected chi connectivity index (χ4v) is 2.45. The van der Waals surface area contributed by atoms with Crippen LogP contribution < -0.4 is 0 Å². The number of benzene rings is 1. The van der Waals surface area contributed by atoms with Gasteiger partial charge in [0.1, 0.15) is 5.60 Å². The van der Waals surface area contributed by atoms with E-state index in [2.05, 4.69) is 0 Å². The molecule has 0 unspecified atom stereocenters. The summed E-state index contributed by atoms with van der Waals surface area (Å²) in [5.41, 5.74) is -1.38. The van der Waals surface area contributed by atoms with Crippen molar-refractivity contribution in [2.75, 3.05) is 0 Å². The molecule has 2 rings (SSSR count). The summed E-state index contributed by atoms with van der Waals surface area (Å²) < 4.78 is 25.9. The van der Waals surface area contributed by atoms with Crippen LogP contribution >= 0.6 is 0 Å². The molecule has 0 aromatic heterocycles. The zero-order valence-corrected chi connectivity index (χ0v) is 10.1. The molecule has 1 aliphatic carbocycles. The first-order valence-electron chi connectivity index (χ1n) is 6.25. The summed E-state index contributed by atoms with van der Waals surface area (Å²) in [4.78, 5) is 12.2. The van der Waals surface area contributed by atoms with Crippen molar-refractivity contribution in [2.45, 2.75) is 44.1 Å². The average molecular weight is 254 g/mol. The number of carbonyl (C=O) groups excluding carboxylic acids is 1. The van der Waals surface area contributed by atoms with Crippen LogP contribution in [0.4, 0.5) is 8.78 Å². The van der Waals surface area contributed by atoms with Crippen molar-refractivity contribution < 1.29 is 18.7 Å². The second-order valence-corrected chi connectivity index (χ2v) is 4.90. The zero-order valence-electron chi connectivity index (χ0n) is 10.1. The molecule has 0 amide bonds. The van der Waals surface area contributed by atoms with Crippen LogP contribution in [0.2, 0.25) is 0 Å². The summed E-state index contributed by atoms with van der Waals surface area (Å²) in [6.07, 6.45) is 4.34. The van der Waals surface area contributed by atoms with Crippen LogP contribution in [-0.4, -0.2) is 16.5 Å². The van der Waals surface area contributed by atoms with Crippen molar-refractivity contribution in [3.8, 4) is 0 Å². The number of hydrogen-bond acceptors (Lipinski definition) is 2. The van der Waals surface area contributed by atoms with Crippen LogP contribution in [0, 0.1) is 11.6 Å². The van der Waals surface area contributed by atoms with Crippen molar-refractivity contribution in [2.24, 2.45) is 0 Å². The summed E-state index contributed by atoms with van der Waals surface area (Å²) in [5.74, 6) is -2.54. The molecule has 1 N–H and O–H groups in total. The Kier molecular flexibility index (Phi) is 3.76. The van der Waals surface area contributed by atoms with Crippen molar-refractivity contribution in [1.82, 2.24) is 0 Å². The summed E-state index contributed by atoms with van der Waals surface area (Å²) in [6.45, 7) is 0. The predicted molar refractivity (Wildman–Crippen MR) is 63.3 cm³/mol. The second-order valence-electron chi connectivity index (χ2n) is 4.90. The van der Waals surface area contributed by atoms with Gasteiger partial charge in [-0.05, 0) is 31.0 Å². The van der Waals surface area contributed by atoms with Crippen molar-refractivity contribution in [1.29, 1.82) is 0 Å². The Morgan fingerprint density at radius 3 is 2.22 bits per heavy atom. The maximum atomic E-state index is 13.1. The molecule has 2 nitrogen and oxygen atoms in total. The zero-order chi connectivity index (χ0) is 13.2. The Morgan fingerprint density at radius 1 is 1.06 bits per heavy atom. The molecule has 0 aliphatic heterocycles. The minimum atomic E-state index is -1.42. The van der Waals surface area contributed by atoms with Gasteiger partial charge in [0, 0.05) is 5.56 Å². The number of aliphatic hydroxyl groups is 1. The highest BCUT2D eigenvalue weighted by atomic mass is 19.2. The summed E-state index contributed by atoms with van der Waals surface area (Å²) >= 11 is 0. The molecule has 1 fully saturated rings. The maximum absolute atomic E-state index is 13.1. The van der Waals surface area contributed by atoms with E-state index in [1.54, 1.807) is 0 Å². The molecule has 0 saturated heterocycles. The minimum Gasteiger partial charge on any atom is -0.382 e. The number of Topliss-reactive ketones (excluding diaryl/α,β-unsaturated/α-hetero) is 1. The van der Waals surface area contributed by atoms with Gasteiger partial charge in [-0.25, -0.2) is 8.78 Å². The molecule has 1 aromatic carbocycles. The van der Waals surface area contributed by atoms with Crippen LogP contribution in [0.5, 0.6) is 0 Å². The summed E-state index contributed by atoms with van der Waals surface area (Å²) in [6, 6.07) is 3.01. The molecule has 0 atom stereocenters. The van der Waals surface area contributed by atoms with Gasteiger partial charge in [-0.2, -0.15) is 0 Å². The van der Waals surface area contributed by atoms with Gasteiger partial charge in [0.15, 0.2) is 17.4 Å². The first-order chi connectivity index (χ1) is 8.53. The van der Waals surface area contributed by atoms with E-state index in [1.165, 1.54) is 6.07 Å². The molecule has 0 spiro atoms. The topological polar surface area (TPSA) is 37.3 Å². The van der Waals surface area contributed by atoms with Gasteiger partial charge in [-0.3, -0.25) is 4.79 Å². The number of ketones is 1. The van der Waals surface area contributed by atoms with Gasteiger partial charge in [-0.1, -0.05) is 25.7 Å². The summed E-state index contributed by atoms with van der Waals surface area (Å²) in [7, 11) is 0. The van der Waals surface area contributed by atoms with E-state index >= 15 is 0 Å². The lowest BCUT2D eigenvalue weighted by Crippen LogP contribution is -2.38. The third kappa shape index (κ3) is 2.58. The Balaban J connectivity index is 2.26. The monoisotopic (exact) mass is 254 g/mol. The van der Waals surface area contributed by atoms with Crippen LogP contribution in [-0.2, 0) is 0 Å². The largest absolute Gasteiger partial charge is 0.382 e. The molecular formula is C14H16F2O2. The number of rotatable bonds is 2. The number of halogens is 2. The van der Waals surface area contributed by atoms with Gasteiger partial charge < -0.3 is 5.11 Å². The third-order valence-corrected chi connectivity index (χ3v) is 3.54. The van der Waals surface area contributed by atoms with E-state index in [4.69, 9.17) is 0 Å². The van der Waals surface area contributed by atoms with E-state index in [0.717, 1.165) is 37.8 Å². The van der Waals surface area contributed by atoms with Crippen LogP contribution in [0.15, 0.2) is 18.2 Å². The fourth-order valence-electron chi connectivity index (χ4n) is 2.45. The van der Waals surface area contributed by atoms with Crippen molar-refractivity contribution >= 4 is 5.78 Å². The second kappa shape index (κ2) is 5.14. The van der Waals surface area contributed by atoms with E-state index in [-0.39, 0.29) is 5.56 Å². The first kappa shape index (κ1) is 13.1. The molecule has 98 valence electrons. The summed E-state index contributed by atoms with van der Waals surface area (Å²) in [5, 5.41) is 10.4. The Labute approximate surface area is 105 Å². The first-order valence-corrected chi connectivity index (χ1v) is 6.25. The molecule has 18 heavy (non-hydrogen) atoms. The molecule has 0 bridgehead atoms. The highest BCUT2D eigenvalue weighted by Crippen LogP contribution is 2.30. The third-order valence-electron chi connectivity index (χ3n) is 3.54. The van der Waals surface area contributed by atoms with Gasteiger partial charge >= 0.3 is 0 Å². The normalized spacial score (nSPS) is 19.3. The molecule has 4 heteroatoms. The minimum absolute atomic E-state index is 0.0401. The Bertz CT molecular complexity index is 449. The average Bonchev–Trinajstić information content (AvgIpc) is 2.58. The van der Waals surface area contributed by atoms with Crippen LogP contribution in [0.25, 0.3) is 0 Å². The molecule has 1 aromatic rings. The SMILES string of the molecule is O=C(c1ccc(F)c(F)c1)C1(O)CCCCCC1. The highest BCUT2D eigenvalue weighted by molar-refractivity contribution is 6.02. The lowest BCUT2D eigenvalue weighted by Gasteiger charge is -2.24. The van der Waals surface area contributed by atoms with Gasteiger partial charge in [0.25, 0.3) is 0 Å².